The number of hydrogen-bond acceptors (Lipinski definition) is 4. The van der Waals surface area contributed by atoms with E-state index < -0.39 is 0 Å². The number of esters is 1. The molecular formula is C26H29NO3. The van der Waals surface area contributed by atoms with Gasteiger partial charge in [0.25, 0.3) is 0 Å². The molecule has 0 amide bonds. The second-order valence-electron chi connectivity index (χ2n) is 9.48. The third-order valence-corrected chi connectivity index (χ3v) is 7.39. The van der Waals surface area contributed by atoms with Gasteiger partial charge in [-0.3, -0.25) is 4.98 Å². The first-order valence-electron chi connectivity index (χ1n) is 11.2. The van der Waals surface area contributed by atoms with Crippen LogP contribution in [0.15, 0.2) is 42.6 Å². The highest BCUT2D eigenvalue weighted by atomic mass is 16.5. The highest BCUT2D eigenvalue weighted by molar-refractivity contribution is 5.86. The highest BCUT2D eigenvalue weighted by Crippen LogP contribution is 2.62. The zero-order valence-electron chi connectivity index (χ0n) is 17.5. The number of pyridine rings is 1. The van der Waals surface area contributed by atoms with Gasteiger partial charge in [0, 0.05) is 17.8 Å². The summed E-state index contributed by atoms with van der Waals surface area (Å²) in [6.07, 6.45) is 12.9. The molecule has 0 unspecified atom stereocenters. The molecule has 1 aromatic heterocycles. The normalized spacial score (nSPS) is 29.4. The minimum absolute atomic E-state index is 0.200. The molecular weight excluding hydrogens is 374 g/mol. The van der Waals surface area contributed by atoms with Gasteiger partial charge in [0.1, 0.15) is 5.75 Å². The second kappa shape index (κ2) is 7.57. The second-order valence-corrected chi connectivity index (χ2v) is 9.48. The Bertz CT molecular complexity index is 941. The van der Waals surface area contributed by atoms with E-state index in [0.29, 0.717) is 12.4 Å². The smallest absolute Gasteiger partial charge is 0.330 e. The number of carbonyl (C=O) groups excluding carboxylic acids is 1. The van der Waals surface area contributed by atoms with Crippen LogP contribution >= 0.6 is 0 Å². The lowest BCUT2D eigenvalue weighted by Crippen LogP contribution is -2.48. The molecule has 156 valence electrons. The summed E-state index contributed by atoms with van der Waals surface area (Å²) in [7, 11) is 0. The van der Waals surface area contributed by atoms with Crippen molar-refractivity contribution < 1.29 is 14.6 Å². The third-order valence-electron chi connectivity index (χ3n) is 7.39. The SMILES string of the molecule is CCOC(=O)/C=C/c1ccc(-c2ccc(O)cc2C23CC4CC(CC(C4)C2)C3)cn1. The third kappa shape index (κ3) is 3.53. The molecule has 4 heteroatoms. The molecule has 1 N–H and O–H groups in total. The Morgan fingerprint density at radius 3 is 2.43 bits per heavy atom. The van der Waals surface area contributed by atoms with Crippen molar-refractivity contribution in [3.05, 3.63) is 53.9 Å². The number of carbonyl (C=O) groups is 1. The maximum atomic E-state index is 11.5. The van der Waals surface area contributed by atoms with E-state index in [9.17, 15) is 9.90 Å². The number of nitrogens with zero attached hydrogens (tertiary/aromatic N) is 1. The molecule has 4 saturated carbocycles. The molecule has 0 aliphatic heterocycles. The van der Waals surface area contributed by atoms with Crippen LogP contribution in [0.4, 0.5) is 0 Å². The van der Waals surface area contributed by atoms with Crippen molar-refractivity contribution in [3.63, 3.8) is 0 Å². The molecule has 4 aliphatic carbocycles. The van der Waals surface area contributed by atoms with Crippen LogP contribution in [0.2, 0.25) is 0 Å². The zero-order valence-corrected chi connectivity index (χ0v) is 17.5. The standard InChI is InChI=1S/C26H29NO3/c1-2-30-25(29)8-5-21-4-3-20(16-27-21)23-7-6-22(28)12-24(23)26-13-17-9-18(14-26)11-19(10-17)15-26/h3-8,12,16-19,28H,2,9-11,13-15H2,1H3/b8-5+. The van der Waals surface area contributed by atoms with Crippen molar-refractivity contribution in [2.24, 2.45) is 17.8 Å². The molecule has 30 heavy (non-hydrogen) atoms. The van der Waals surface area contributed by atoms with E-state index in [1.807, 2.05) is 24.4 Å². The van der Waals surface area contributed by atoms with Crippen molar-refractivity contribution in [2.45, 2.75) is 50.9 Å². The first-order valence-corrected chi connectivity index (χ1v) is 11.2. The molecule has 0 radical (unpaired) electrons. The molecule has 0 atom stereocenters. The summed E-state index contributed by atoms with van der Waals surface area (Å²) in [5.41, 5.74) is 4.48. The summed E-state index contributed by atoms with van der Waals surface area (Å²) in [6, 6.07) is 9.84. The molecule has 2 aromatic rings. The van der Waals surface area contributed by atoms with Crippen LogP contribution in [-0.4, -0.2) is 22.7 Å². The van der Waals surface area contributed by atoms with Crippen LogP contribution in [0.1, 0.15) is 56.7 Å². The Kier molecular flexibility index (Phi) is 4.88. The summed E-state index contributed by atoms with van der Waals surface area (Å²) in [4.78, 5) is 16.1. The van der Waals surface area contributed by atoms with Gasteiger partial charge in [-0.15, -0.1) is 0 Å². The predicted octanol–water partition coefficient (Wildman–Crippen LogP) is 5.50. The highest BCUT2D eigenvalue weighted by Gasteiger charge is 2.52. The number of phenols is 1. The summed E-state index contributed by atoms with van der Waals surface area (Å²) >= 11 is 0. The van der Waals surface area contributed by atoms with E-state index >= 15 is 0 Å². The van der Waals surface area contributed by atoms with Crippen molar-refractivity contribution in [2.75, 3.05) is 6.61 Å². The summed E-state index contributed by atoms with van der Waals surface area (Å²) in [5, 5.41) is 10.3. The first-order chi connectivity index (χ1) is 14.5. The Balaban J connectivity index is 1.47. The number of aromatic nitrogens is 1. The average Bonchev–Trinajstić information content (AvgIpc) is 2.72. The average molecular weight is 404 g/mol. The Hall–Kier alpha value is -2.62. The lowest BCUT2D eigenvalue weighted by atomic mass is 9.47. The fraction of sp³-hybridized carbons (Fsp3) is 0.462. The number of benzene rings is 1. The lowest BCUT2D eigenvalue weighted by molar-refractivity contribution is -0.137. The largest absolute Gasteiger partial charge is 0.508 e. The monoisotopic (exact) mass is 403 g/mol. The van der Waals surface area contributed by atoms with Gasteiger partial charge in [-0.2, -0.15) is 0 Å². The van der Waals surface area contributed by atoms with Crippen molar-refractivity contribution >= 4 is 12.0 Å². The number of hydrogen-bond donors (Lipinski definition) is 1. The maximum absolute atomic E-state index is 11.5. The summed E-state index contributed by atoms with van der Waals surface area (Å²) < 4.78 is 4.92. The fourth-order valence-corrected chi connectivity index (χ4v) is 6.67. The number of aromatic hydroxyl groups is 1. The number of rotatable bonds is 5. The van der Waals surface area contributed by atoms with Crippen LogP contribution in [0.3, 0.4) is 0 Å². The van der Waals surface area contributed by atoms with E-state index in [1.165, 1.54) is 55.7 Å². The lowest BCUT2D eigenvalue weighted by Gasteiger charge is -2.57. The van der Waals surface area contributed by atoms with Crippen LogP contribution in [0.25, 0.3) is 17.2 Å². The van der Waals surface area contributed by atoms with E-state index in [-0.39, 0.29) is 11.4 Å². The van der Waals surface area contributed by atoms with Crippen LogP contribution < -0.4 is 0 Å². The van der Waals surface area contributed by atoms with Crippen molar-refractivity contribution in [1.29, 1.82) is 0 Å². The van der Waals surface area contributed by atoms with Crippen LogP contribution in [0, 0.1) is 17.8 Å². The van der Waals surface area contributed by atoms with E-state index in [4.69, 9.17) is 4.74 Å². The topological polar surface area (TPSA) is 59.4 Å². The quantitative estimate of drug-likeness (QED) is 0.529. The predicted molar refractivity (Wildman–Crippen MR) is 117 cm³/mol. The van der Waals surface area contributed by atoms with E-state index in [0.717, 1.165) is 29.0 Å². The van der Waals surface area contributed by atoms with Gasteiger partial charge in [-0.1, -0.05) is 12.1 Å². The molecule has 4 fully saturated rings. The molecule has 0 spiro atoms. The van der Waals surface area contributed by atoms with Gasteiger partial charge in [-0.25, -0.2) is 4.79 Å². The van der Waals surface area contributed by atoms with Crippen molar-refractivity contribution in [1.82, 2.24) is 4.98 Å². The van der Waals surface area contributed by atoms with Gasteiger partial charge in [0.2, 0.25) is 0 Å². The molecule has 4 nitrogen and oxygen atoms in total. The van der Waals surface area contributed by atoms with Gasteiger partial charge < -0.3 is 9.84 Å². The molecule has 6 rings (SSSR count). The van der Waals surface area contributed by atoms with Gasteiger partial charge in [-0.05, 0) is 104 Å². The minimum Gasteiger partial charge on any atom is -0.508 e. The maximum Gasteiger partial charge on any atom is 0.330 e. The van der Waals surface area contributed by atoms with Crippen molar-refractivity contribution in [3.8, 4) is 16.9 Å². The molecule has 0 saturated heterocycles. The number of phenolic OH excluding ortho intramolecular Hbond substituents is 1. The summed E-state index contributed by atoms with van der Waals surface area (Å²) in [6.45, 7) is 2.15. The van der Waals surface area contributed by atoms with Gasteiger partial charge >= 0.3 is 5.97 Å². The fourth-order valence-electron chi connectivity index (χ4n) is 6.67. The van der Waals surface area contributed by atoms with Gasteiger partial charge in [0.05, 0.1) is 12.3 Å². The Labute approximate surface area is 178 Å². The zero-order chi connectivity index (χ0) is 20.7. The first kappa shape index (κ1) is 19.3. The molecule has 1 heterocycles. The molecule has 4 aliphatic rings. The minimum atomic E-state index is -0.356. The van der Waals surface area contributed by atoms with Crippen LogP contribution in [-0.2, 0) is 14.9 Å². The Morgan fingerprint density at radius 1 is 1.13 bits per heavy atom. The van der Waals surface area contributed by atoms with Gasteiger partial charge in [0.15, 0.2) is 0 Å². The van der Waals surface area contributed by atoms with E-state index in [2.05, 4.69) is 11.1 Å². The molecule has 1 aromatic carbocycles. The molecule has 4 bridgehead atoms. The number of ether oxygens (including phenoxy) is 1. The summed E-state index contributed by atoms with van der Waals surface area (Å²) in [5.74, 6) is 2.54. The Morgan fingerprint density at radius 2 is 1.83 bits per heavy atom. The van der Waals surface area contributed by atoms with Crippen LogP contribution in [0.5, 0.6) is 5.75 Å². The van der Waals surface area contributed by atoms with E-state index in [1.54, 1.807) is 19.1 Å².